The summed E-state index contributed by atoms with van der Waals surface area (Å²) in [5, 5.41) is 0. The number of nitrogens with zero attached hydrogens (tertiary/aromatic N) is 1. The number of ether oxygens (including phenoxy) is 1. The summed E-state index contributed by atoms with van der Waals surface area (Å²) in [7, 11) is 0. The molecule has 92 valence electrons. The van der Waals surface area contributed by atoms with Gasteiger partial charge in [0.2, 0.25) is 0 Å². The van der Waals surface area contributed by atoms with Gasteiger partial charge in [-0.05, 0) is 36.2 Å². The van der Waals surface area contributed by atoms with E-state index in [0.717, 1.165) is 18.4 Å². The van der Waals surface area contributed by atoms with Crippen molar-refractivity contribution in [2.24, 2.45) is 4.99 Å². The third kappa shape index (κ3) is 4.76. The van der Waals surface area contributed by atoms with Crippen LogP contribution in [0.4, 0.5) is 8.78 Å². The molecule has 0 amide bonds. The highest BCUT2D eigenvalue weighted by molar-refractivity contribution is 5.72. The summed E-state index contributed by atoms with van der Waals surface area (Å²) >= 11 is 0. The van der Waals surface area contributed by atoms with E-state index < -0.39 is 6.61 Å². The van der Waals surface area contributed by atoms with Gasteiger partial charge >= 0.3 is 6.61 Å². The summed E-state index contributed by atoms with van der Waals surface area (Å²) in [6.45, 7) is 3.06. The molecule has 2 nitrogen and oxygen atoms in total. The van der Waals surface area contributed by atoms with Crippen LogP contribution in [0.1, 0.15) is 25.3 Å². The second-order valence-corrected chi connectivity index (χ2v) is 3.45. The average Bonchev–Trinajstić information content (AvgIpc) is 2.29. The Labute approximate surface area is 99.6 Å². The molecule has 0 aromatic heterocycles. The smallest absolute Gasteiger partial charge is 0.387 e. The van der Waals surface area contributed by atoms with Crippen molar-refractivity contribution >= 4 is 11.9 Å². The number of unbranched alkanes of at least 4 members (excludes halogenated alkanes) is 1. The van der Waals surface area contributed by atoms with Crippen LogP contribution in [0.5, 0.6) is 5.75 Å². The predicted molar refractivity (Wildman–Crippen MR) is 65.5 cm³/mol. The van der Waals surface area contributed by atoms with Crippen molar-refractivity contribution in [2.75, 3.05) is 0 Å². The molecule has 0 radical (unpaired) electrons. The first-order chi connectivity index (χ1) is 8.13. The van der Waals surface area contributed by atoms with Gasteiger partial charge in [-0.25, -0.2) is 0 Å². The van der Waals surface area contributed by atoms with Crippen LogP contribution in [-0.4, -0.2) is 12.8 Å². The maximum absolute atomic E-state index is 11.9. The van der Waals surface area contributed by atoms with Crippen LogP contribution in [0.2, 0.25) is 0 Å². The van der Waals surface area contributed by atoms with E-state index in [4.69, 9.17) is 0 Å². The molecule has 0 spiro atoms. The van der Waals surface area contributed by atoms with Crippen LogP contribution in [0.15, 0.2) is 35.8 Å². The normalized spacial score (nSPS) is 11.1. The summed E-state index contributed by atoms with van der Waals surface area (Å²) < 4.78 is 28.1. The molecule has 0 unspecified atom stereocenters. The fraction of sp³-hybridized carbons (Fsp3) is 0.308. The number of aliphatic imine (C=N–C) groups is 1. The van der Waals surface area contributed by atoms with E-state index in [9.17, 15) is 8.78 Å². The fourth-order valence-electron chi connectivity index (χ4n) is 1.21. The van der Waals surface area contributed by atoms with Gasteiger partial charge in [0, 0.05) is 6.21 Å². The Hall–Kier alpha value is -1.71. The number of hydrogen-bond acceptors (Lipinski definition) is 2. The molecular formula is C13H15F2NO. The van der Waals surface area contributed by atoms with Gasteiger partial charge in [0.15, 0.2) is 0 Å². The van der Waals surface area contributed by atoms with Gasteiger partial charge in [-0.1, -0.05) is 19.9 Å². The number of rotatable bonds is 6. The van der Waals surface area contributed by atoms with Crippen molar-refractivity contribution in [2.45, 2.75) is 26.4 Å². The van der Waals surface area contributed by atoms with Crippen LogP contribution in [0, 0.1) is 0 Å². The Bertz CT molecular complexity index is 385. The summed E-state index contributed by atoms with van der Waals surface area (Å²) in [6, 6.07) is 6.26. The lowest BCUT2D eigenvalue weighted by Gasteiger charge is -2.05. The minimum Gasteiger partial charge on any atom is -0.435 e. The van der Waals surface area contributed by atoms with Crippen molar-refractivity contribution in [3.8, 4) is 5.75 Å². The maximum Gasteiger partial charge on any atom is 0.387 e. The zero-order valence-electron chi connectivity index (χ0n) is 9.70. The molecule has 1 aromatic carbocycles. The Morgan fingerprint density at radius 1 is 1.41 bits per heavy atom. The lowest BCUT2D eigenvalue weighted by molar-refractivity contribution is -0.0498. The topological polar surface area (TPSA) is 21.6 Å². The lowest BCUT2D eigenvalue weighted by atomic mass is 10.2. The van der Waals surface area contributed by atoms with Crippen LogP contribution in [0.3, 0.4) is 0 Å². The third-order valence-electron chi connectivity index (χ3n) is 2.08. The first kappa shape index (κ1) is 13.4. The molecule has 0 saturated carbocycles. The maximum atomic E-state index is 11.9. The molecule has 0 aliphatic carbocycles. The first-order valence-electron chi connectivity index (χ1n) is 5.40. The van der Waals surface area contributed by atoms with Gasteiger partial charge in [-0.3, -0.25) is 4.99 Å². The van der Waals surface area contributed by atoms with E-state index in [-0.39, 0.29) is 5.75 Å². The molecule has 0 aliphatic rings. The van der Waals surface area contributed by atoms with E-state index in [2.05, 4.69) is 23.2 Å². The molecule has 0 N–H and O–H groups in total. The molecule has 4 heteroatoms. The molecular weight excluding hydrogens is 224 g/mol. The lowest BCUT2D eigenvalue weighted by Crippen LogP contribution is -2.01. The quantitative estimate of drug-likeness (QED) is 0.684. The van der Waals surface area contributed by atoms with Crippen LogP contribution in [-0.2, 0) is 0 Å². The highest BCUT2D eigenvalue weighted by atomic mass is 19.3. The number of alkyl halides is 2. The Morgan fingerprint density at radius 2 is 2.06 bits per heavy atom. The van der Waals surface area contributed by atoms with Gasteiger partial charge in [-0.2, -0.15) is 8.78 Å². The van der Waals surface area contributed by atoms with Crippen molar-refractivity contribution in [3.05, 3.63) is 36.4 Å². The van der Waals surface area contributed by atoms with Gasteiger partial charge < -0.3 is 4.74 Å². The van der Waals surface area contributed by atoms with Crippen molar-refractivity contribution < 1.29 is 13.5 Å². The fourth-order valence-corrected chi connectivity index (χ4v) is 1.21. The minimum atomic E-state index is -2.80. The van der Waals surface area contributed by atoms with Crippen molar-refractivity contribution in [3.63, 3.8) is 0 Å². The van der Waals surface area contributed by atoms with E-state index >= 15 is 0 Å². The molecule has 0 bridgehead atoms. The molecule has 0 fully saturated rings. The van der Waals surface area contributed by atoms with E-state index in [1.807, 2.05) is 0 Å². The predicted octanol–water partition coefficient (Wildman–Crippen LogP) is 4.13. The molecule has 1 rings (SSSR count). The highest BCUT2D eigenvalue weighted by Crippen LogP contribution is 2.19. The molecule has 1 aromatic rings. The average molecular weight is 239 g/mol. The van der Waals surface area contributed by atoms with E-state index in [1.54, 1.807) is 18.3 Å². The second-order valence-electron chi connectivity index (χ2n) is 3.45. The van der Waals surface area contributed by atoms with Gasteiger partial charge in [0.1, 0.15) is 5.75 Å². The van der Waals surface area contributed by atoms with E-state index in [1.165, 1.54) is 12.1 Å². The monoisotopic (exact) mass is 239 g/mol. The van der Waals surface area contributed by atoms with Crippen LogP contribution >= 0.6 is 0 Å². The van der Waals surface area contributed by atoms with Crippen LogP contribution < -0.4 is 4.74 Å². The van der Waals surface area contributed by atoms with Gasteiger partial charge in [0.25, 0.3) is 0 Å². The second kappa shape index (κ2) is 6.78. The largest absolute Gasteiger partial charge is 0.435 e. The summed E-state index contributed by atoms with van der Waals surface area (Å²) in [6.07, 6.45) is 3.72. The zero-order chi connectivity index (χ0) is 12.7. The minimum absolute atomic E-state index is 0.133. The molecule has 0 saturated heterocycles. The molecule has 17 heavy (non-hydrogen) atoms. The third-order valence-corrected chi connectivity index (χ3v) is 2.08. The molecule has 0 aliphatic heterocycles. The summed E-state index contributed by atoms with van der Waals surface area (Å²) in [5.74, 6) is 0.133. The van der Waals surface area contributed by atoms with Crippen molar-refractivity contribution in [1.82, 2.24) is 0 Å². The van der Waals surface area contributed by atoms with Crippen molar-refractivity contribution in [1.29, 1.82) is 0 Å². The first-order valence-corrected chi connectivity index (χ1v) is 5.40. The summed E-state index contributed by atoms with van der Waals surface area (Å²) in [4.78, 5) is 4.17. The molecule has 0 atom stereocenters. The van der Waals surface area contributed by atoms with E-state index in [0.29, 0.717) is 5.70 Å². The standard InChI is InChI=1S/C13H15F2NO/c1-3-4-9-16-10(2)11-5-7-12(8-6-11)17-13(14)15/h5-9,13H,2-4H2,1H3. The van der Waals surface area contributed by atoms with Crippen LogP contribution in [0.25, 0.3) is 5.70 Å². The van der Waals surface area contributed by atoms with Gasteiger partial charge in [0.05, 0.1) is 5.70 Å². The number of benzene rings is 1. The Balaban J connectivity index is 2.64. The SMILES string of the molecule is C=C(N=CCCC)c1ccc(OC(F)F)cc1. The zero-order valence-corrected chi connectivity index (χ0v) is 9.70. The highest BCUT2D eigenvalue weighted by Gasteiger charge is 2.04. The molecule has 0 heterocycles. The number of hydrogen-bond donors (Lipinski definition) is 0. The Morgan fingerprint density at radius 3 is 2.59 bits per heavy atom. The number of halogens is 2. The summed E-state index contributed by atoms with van der Waals surface area (Å²) in [5.41, 5.74) is 1.40. The Kier molecular flexibility index (Phi) is 5.33. The van der Waals surface area contributed by atoms with Gasteiger partial charge in [-0.15, -0.1) is 0 Å².